The molecule has 0 radical (unpaired) electrons. The highest BCUT2D eigenvalue weighted by atomic mass is 32.2. The van der Waals surface area contributed by atoms with Crippen molar-refractivity contribution < 1.29 is 97.1 Å². The van der Waals surface area contributed by atoms with Crippen LogP contribution < -0.4 is 48.7 Å². The van der Waals surface area contributed by atoms with Crippen LogP contribution in [0.25, 0.3) is 22.3 Å². The Morgan fingerprint density at radius 2 is 1.01 bits per heavy atom. The molecule has 7 rings (SSSR count). The second-order valence-electron chi connectivity index (χ2n) is 32.3. The van der Waals surface area contributed by atoms with Gasteiger partial charge in [-0.3, -0.25) is 82.1 Å². The van der Waals surface area contributed by atoms with E-state index in [1.165, 1.54) is 46.7 Å². The molecule has 2 aliphatic rings. The number of ketones is 5. The van der Waals surface area contributed by atoms with Crippen LogP contribution in [0.5, 0.6) is 0 Å². The Labute approximate surface area is 725 Å². The number of aliphatic hydroxyl groups is 3. The average Bonchev–Trinajstić information content (AvgIpc) is 1.56. The lowest BCUT2D eigenvalue weighted by atomic mass is 9.86. The number of hydrogen-bond donors (Lipinski definition) is 14. The fourth-order valence-electron chi connectivity index (χ4n) is 15.0. The van der Waals surface area contributed by atoms with Gasteiger partial charge in [0.2, 0.25) is 59.1 Å². The minimum atomic E-state index is -1.85. The van der Waals surface area contributed by atoms with E-state index in [0.29, 0.717) is 16.7 Å². The number of nitrogens with one attached hydrogen (secondary N) is 8. The molecule has 5 aromatic carbocycles. The molecule has 0 bridgehead atoms. The van der Waals surface area contributed by atoms with Crippen LogP contribution in [0.15, 0.2) is 140 Å². The summed E-state index contributed by atoms with van der Waals surface area (Å²) in [6.07, 6.45) is -8.01. The largest absolute Gasteiger partial charge is 0.481 e. The zero-order valence-electron chi connectivity index (χ0n) is 71.2. The van der Waals surface area contributed by atoms with Gasteiger partial charge in [0.1, 0.15) is 30.2 Å². The molecule has 2 fully saturated rings. The van der Waals surface area contributed by atoms with E-state index in [9.17, 15) is 78.0 Å². The second kappa shape index (κ2) is 48.2. The number of hydrogen-bond acceptors (Lipinski definition) is 21. The summed E-state index contributed by atoms with van der Waals surface area (Å²) in [7, 11) is 2.52. The highest BCUT2D eigenvalue weighted by Crippen LogP contribution is 2.31. The number of benzene rings is 5. The number of Topliss-reactive ketones (excluding diaryl/α,β-unsaturated/α-hetero) is 5. The van der Waals surface area contributed by atoms with Crippen LogP contribution >= 0.6 is 11.8 Å². The number of rotatable bonds is 21. The van der Waals surface area contributed by atoms with Gasteiger partial charge in [-0.1, -0.05) is 153 Å². The predicted molar refractivity (Wildman–Crippen MR) is 462 cm³/mol. The summed E-state index contributed by atoms with van der Waals surface area (Å²) in [5, 5.41) is 69.3. The number of carbonyl (C=O) groups is 16. The zero-order chi connectivity index (χ0) is 91.2. The highest BCUT2D eigenvalue weighted by Gasteiger charge is 2.43. The number of fused-ring (bicyclic) bond motifs is 1. The first-order chi connectivity index (χ1) is 58.8. The van der Waals surface area contributed by atoms with Crippen molar-refractivity contribution in [2.24, 2.45) is 47.0 Å². The van der Waals surface area contributed by atoms with E-state index in [4.69, 9.17) is 16.9 Å². The molecule has 0 saturated carbocycles. The number of likely N-dealkylation sites (N-methyl/N-ethyl adjacent to an activating group) is 2. The van der Waals surface area contributed by atoms with Gasteiger partial charge >= 0.3 is 5.97 Å². The van der Waals surface area contributed by atoms with Crippen LogP contribution in [0.2, 0.25) is 0 Å². The first-order valence-corrected chi connectivity index (χ1v) is 42.7. The molecule has 2 heterocycles. The van der Waals surface area contributed by atoms with E-state index < -0.39 is 253 Å². The first kappa shape index (κ1) is 99.2. The summed E-state index contributed by atoms with van der Waals surface area (Å²) in [5.41, 5.74) is 15.9. The Kier molecular flexibility index (Phi) is 38.6. The Morgan fingerprint density at radius 1 is 0.524 bits per heavy atom. The molecular weight excluding hydrogens is 1620 g/mol. The number of aliphatic hydroxyl groups excluding tert-OH is 3. The molecule has 33 nitrogen and oxygen atoms in total. The molecule has 668 valence electrons. The average molecular weight is 1730 g/mol. The maximum Gasteiger partial charge on any atom is 0.305 e. The van der Waals surface area contributed by atoms with Crippen LogP contribution in [0.1, 0.15) is 122 Å². The third-order valence-electron chi connectivity index (χ3n) is 22.6. The molecule has 2 aliphatic heterocycles. The molecule has 5 aromatic rings. The maximum atomic E-state index is 15.3. The Morgan fingerprint density at radius 3 is 1.54 bits per heavy atom. The van der Waals surface area contributed by atoms with Gasteiger partial charge in [-0.2, -0.15) is 11.8 Å². The van der Waals surface area contributed by atoms with Crippen molar-refractivity contribution >= 4 is 112 Å². The summed E-state index contributed by atoms with van der Waals surface area (Å²) < 4.78 is 0. The van der Waals surface area contributed by atoms with Crippen LogP contribution in [-0.2, 0) is 96.0 Å². The van der Waals surface area contributed by atoms with Crippen LogP contribution in [0.4, 0.5) is 0 Å². The quantitative estimate of drug-likeness (QED) is 0.0285. The van der Waals surface area contributed by atoms with Gasteiger partial charge in [0.25, 0.3) is 0 Å². The molecule has 2 saturated heterocycles. The fraction of sp³-hybridized carbons (Fsp3) is 0.478. The SMILES string of the molecule is CC(C)[C@@H]1CC(=O)[C@H](Cc2ccccc2)NC(=O)CSC[C@@H](C(=O)NCC(N)=O)CC(=O)[C@@H]2CCCN2C(=O)[C@H](CCCNC(=N)N)CC(=O)[C@H](CC(=O)O)NC(=O)[C@H](C)N(C)C(=O)[C@H](Cc2ccc(-c3ccccc3)cc2)NC(=O)[C@H](C)N(C)C(=O)[C@H](Cc2ccc(-c3ccccc3)cc2)CC(=O)[C@H]([C@@H](C)O)NC(=O)[C@H]([C@@H](C)O)CC(=O)[C@H](CO)NC1=O. The van der Waals surface area contributed by atoms with Crippen molar-refractivity contribution in [3.05, 3.63) is 156 Å². The third-order valence-corrected chi connectivity index (χ3v) is 23.7. The molecule has 0 unspecified atom stereocenters. The lowest BCUT2D eigenvalue weighted by molar-refractivity contribution is -0.146. The monoisotopic (exact) mass is 1730 g/mol. The number of guanidine groups is 1. The molecule has 124 heavy (non-hydrogen) atoms. The number of carboxylic acids is 1. The number of nitrogens with two attached hydrogens (primary N) is 2. The van der Waals surface area contributed by atoms with Crippen molar-refractivity contribution in [1.29, 1.82) is 5.41 Å². The van der Waals surface area contributed by atoms with Gasteiger partial charge in [0.15, 0.2) is 34.9 Å². The lowest BCUT2D eigenvalue weighted by Crippen LogP contribution is -2.58. The number of thioether (sulfide) groups is 1. The Bertz CT molecular complexity index is 4580. The second-order valence-corrected chi connectivity index (χ2v) is 33.3. The number of nitrogens with zero attached hydrogens (tertiary/aromatic N) is 3. The van der Waals surface area contributed by atoms with E-state index in [1.54, 1.807) is 92.7 Å². The Hall–Kier alpha value is -11.9. The van der Waals surface area contributed by atoms with E-state index in [0.717, 1.165) is 43.8 Å². The molecule has 0 spiro atoms. The minimum absolute atomic E-state index is 0.0171. The Balaban J connectivity index is 1.28. The summed E-state index contributed by atoms with van der Waals surface area (Å²) in [6, 6.07) is 28.8. The normalized spacial score (nSPS) is 24.5. The lowest BCUT2D eigenvalue weighted by Gasteiger charge is -2.33. The summed E-state index contributed by atoms with van der Waals surface area (Å²) in [5.74, 6) is -23.3. The number of primary amides is 1. The van der Waals surface area contributed by atoms with E-state index >= 15 is 19.2 Å². The number of carbonyl (C=O) groups excluding carboxylic acids is 15. The van der Waals surface area contributed by atoms with Crippen molar-refractivity contribution in [3.63, 3.8) is 0 Å². The smallest absolute Gasteiger partial charge is 0.305 e. The molecule has 16 N–H and O–H groups in total. The molecule has 10 amide bonds. The van der Waals surface area contributed by atoms with Crippen LogP contribution in [-0.4, -0.2) is 247 Å². The first-order valence-electron chi connectivity index (χ1n) is 41.6. The molecule has 15 atom stereocenters. The van der Waals surface area contributed by atoms with E-state index in [1.807, 2.05) is 60.7 Å². The van der Waals surface area contributed by atoms with Crippen molar-refractivity contribution in [2.45, 2.75) is 186 Å². The summed E-state index contributed by atoms with van der Waals surface area (Å²) in [6.45, 7) is 6.51. The minimum Gasteiger partial charge on any atom is -0.481 e. The van der Waals surface area contributed by atoms with E-state index in [-0.39, 0.29) is 63.8 Å². The molecular formula is C90H117N13O20S. The van der Waals surface area contributed by atoms with Crippen molar-refractivity contribution in [2.75, 3.05) is 51.8 Å². The number of carboxylic acid groups (broad SMARTS) is 1. The van der Waals surface area contributed by atoms with Gasteiger partial charge in [0, 0.05) is 89.2 Å². The number of aliphatic carboxylic acids is 1. The summed E-state index contributed by atoms with van der Waals surface area (Å²) >= 11 is 0.874. The molecule has 34 heteroatoms. The van der Waals surface area contributed by atoms with Crippen LogP contribution in [0.3, 0.4) is 0 Å². The topological polar surface area (TPSA) is 524 Å². The van der Waals surface area contributed by atoms with Gasteiger partial charge in [-0.25, -0.2) is 0 Å². The van der Waals surface area contributed by atoms with E-state index in [2.05, 4.69) is 37.2 Å². The van der Waals surface area contributed by atoms with Gasteiger partial charge in [-0.05, 0) is 111 Å². The van der Waals surface area contributed by atoms with Crippen LogP contribution in [0, 0.1) is 40.9 Å². The highest BCUT2D eigenvalue weighted by molar-refractivity contribution is 7.99. The third kappa shape index (κ3) is 29.7. The fourth-order valence-corrected chi connectivity index (χ4v) is 16.0. The van der Waals surface area contributed by atoms with Gasteiger partial charge in [0.05, 0.1) is 67.5 Å². The zero-order valence-corrected chi connectivity index (χ0v) is 72.0. The standard InChI is InChI=1S/C90H117N13O20S/c1-51(2)66-44-74(108)68(39-56-20-12-9-13-21-56)96-79(113)50-124-49-65(84(118)95-47-78(91)112)43-76(110)72-27-19-37-103(72)88(122)63(26-18-36-94-90(92)93)41-73(107)69(46-80(114)115)97-82(116)53(4)102(8)89(123)70(40-58-30-34-62(35-31-58)60-24-16-11-17-25-60)98-83(117)52(3)101(7)87(121)64(38-57-28-32-61(33-29-57)59-22-14-10-15-23-59)42-77(111)81(55(6)106)100-86(120)67(54(5)105)45-75(109)71(48-104)99-85(66)119/h9-17,20-25,28-35,51-55,63-72,81,104-106H,18-19,26-27,36-50H2,1-8H3,(H2,91,112)(H,95,118)(H,96,113)(H,97,116)(H,98,117)(H,99,119)(H,100,120)(H,114,115)(H4,92,93,94)/t52-,53-,54+,55+,63+,64+,65-,66-,67-,68-,69-,70-,71-,72-,81-/m0/s1. The van der Waals surface area contributed by atoms with Crippen molar-refractivity contribution in [3.8, 4) is 22.3 Å². The summed E-state index contributed by atoms with van der Waals surface area (Å²) in [4.78, 5) is 234. The number of amides is 10. The van der Waals surface area contributed by atoms with Gasteiger partial charge < -0.3 is 83.8 Å². The van der Waals surface area contributed by atoms with Crippen molar-refractivity contribution in [1.82, 2.24) is 51.9 Å². The molecule has 0 aliphatic carbocycles. The maximum absolute atomic E-state index is 15.3. The molecule has 0 aromatic heterocycles. The van der Waals surface area contributed by atoms with Gasteiger partial charge in [-0.15, -0.1) is 0 Å². The predicted octanol–water partition coefficient (Wildman–Crippen LogP) is 2.53.